The number of rotatable bonds is 1. The van der Waals surface area contributed by atoms with E-state index in [1.54, 1.807) is 0 Å². The largest absolute Gasteiger partial charge is 0.0616 e. The molecule has 0 aliphatic carbocycles. The maximum absolute atomic E-state index is 2.39. The zero-order valence-electron chi connectivity index (χ0n) is 17.5. The summed E-state index contributed by atoms with van der Waals surface area (Å²) in [5, 5.41) is 13.0. The van der Waals surface area contributed by atoms with Crippen LogP contribution in [0.15, 0.2) is 121 Å². The molecule has 7 aromatic carbocycles. The molecular weight excluding hydrogens is 384 g/mol. The van der Waals surface area contributed by atoms with Crippen LogP contribution < -0.4 is 0 Å². The Morgan fingerprint density at radius 2 is 0.688 bits per heavy atom. The third-order valence-corrected chi connectivity index (χ3v) is 6.78. The van der Waals surface area contributed by atoms with Crippen LogP contribution in [0.25, 0.3) is 65.0 Å². The summed E-state index contributed by atoms with van der Waals surface area (Å²) in [7, 11) is 0. The molecule has 0 heterocycles. The van der Waals surface area contributed by atoms with Crippen molar-refractivity contribution in [3.63, 3.8) is 0 Å². The molecule has 0 saturated carbocycles. The molecule has 0 nitrogen and oxygen atoms in total. The molecule has 0 N–H and O–H groups in total. The zero-order valence-corrected chi connectivity index (χ0v) is 17.5. The first kappa shape index (κ1) is 17.5. The van der Waals surface area contributed by atoms with Gasteiger partial charge in [0.25, 0.3) is 0 Å². The van der Waals surface area contributed by atoms with Crippen molar-refractivity contribution in [2.75, 3.05) is 0 Å². The van der Waals surface area contributed by atoms with Crippen LogP contribution in [0.4, 0.5) is 0 Å². The second-order valence-electron chi connectivity index (χ2n) is 8.58. The van der Waals surface area contributed by atoms with E-state index in [0.29, 0.717) is 0 Å². The average Bonchev–Trinajstić information content (AvgIpc) is 2.87. The molecule has 0 fully saturated rings. The van der Waals surface area contributed by atoms with Crippen molar-refractivity contribution in [1.29, 1.82) is 0 Å². The molecule has 0 atom stereocenters. The van der Waals surface area contributed by atoms with Crippen molar-refractivity contribution in [1.82, 2.24) is 0 Å². The van der Waals surface area contributed by atoms with Crippen molar-refractivity contribution in [3.8, 4) is 11.1 Å². The molecular formula is C32H20. The maximum Gasteiger partial charge on any atom is -0.00926 e. The summed E-state index contributed by atoms with van der Waals surface area (Å²) in [4.78, 5) is 0. The fourth-order valence-electron chi connectivity index (χ4n) is 5.30. The molecule has 0 spiro atoms. The molecule has 7 aromatic rings. The summed E-state index contributed by atoms with van der Waals surface area (Å²) in [6.07, 6.45) is 0. The zero-order chi connectivity index (χ0) is 21.1. The first-order valence-corrected chi connectivity index (χ1v) is 11.1. The molecule has 7 rings (SSSR count). The molecule has 0 radical (unpaired) electrons. The monoisotopic (exact) mass is 404 g/mol. The van der Waals surface area contributed by atoms with Gasteiger partial charge in [0.2, 0.25) is 0 Å². The Hall–Kier alpha value is -4.16. The van der Waals surface area contributed by atoms with Gasteiger partial charge < -0.3 is 0 Å². The quantitative estimate of drug-likeness (QED) is 0.189. The van der Waals surface area contributed by atoms with E-state index in [0.717, 1.165) is 0 Å². The van der Waals surface area contributed by atoms with E-state index in [9.17, 15) is 0 Å². The van der Waals surface area contributed by atoms with E-state index >= 15 is 0 Å². The standard InChI is InChI=1S/C32H20/c1-2-10-22-18-30-24(17-21(22)9-1)20-32(29-16-8-6-14-27(29)30)31-19-23-11-3-4-12-25(23)26-13-5-7-15-28(26)31/h1-20H. The van der Waals surface area contributed by atoms with Crippen molar-refractivity contribution >= 4 is 53.9 Å². The van der Waals surface area contributed by atoms with Gasteiger partial charge in [0.05, 0.1) is 0 Å². The van der Waals surface area contributed by atoms with Crippen LogP contribution in [0.5, 0.6) is 0 Å². The molecule has 0 aromatic heterocycles. The Balaban J connectivity index is 1.68. The Bertz CT molecular complexity index is 1820. The predicted octanol–water partition coefficient (Wildman–Crippen LogP) is 9.12. The summed E-state index contributed by atoms with van der Waals surface area (Å²) in [6.45, 7) is 0. The van der Waals surface area contributed by atoms with Gasteiger partial charge in [-0.3, -0.25) is 0 Å². The topological polar surface area (TPSA) is 0 Å². The molecule has 0 aliphatic heterocycles. The lowest BCUT2D eigenvalue weighted by Crippen LogP contribution is -1.88. The van der Waals surface area contributed by atoms with E-state index in [2.05, 4.69) is 121 Å². The van der Waals surface area contributed by atoms with Gasteiger partial charge in [-0.1, -0.05) is 97.1 Å². The van der Waals surface area contributed by atoms with Gasteiger partial charge in [0.1, 0.15) is 0 Å². The maximum atomic E-state index is 2.39. The molecule has 0 heteroatoms. The minimum absolute atomic E-state index is 1.28. The lowest BCUT2D eigenvalue weighted by atomic mass is 9.88. The van der Waals surface area contributed by atoms with Crippen LogP contribution in [0.2, 0.25) is 0 Å². The van der Waals surface area contributed by atoms with Gasteiger partial charge in [-0.2, -0.15) is 0 Å². The summed E-state index contributed by atoms with van der Waals surface area (Å²) < 4.78 is 0. The van der Waals surface area contributed by atoms with Gasteiger partial charge in [-0.25, -0.2) is 0 Å². The van der Waals surface area contributed by atoms with Crippen LogP contribution in [0, 0.1) is 0 Å². The number of hydrogen-bond donors (Lipinski definition) is 0. The SMILES string of the molecule is c1ccc2cc3c(cc(-c4cc5ccccc5c5ccccc45)c4ccccc43)cc2c1. The highest BCUT2D eigenvalue weighted by atomic mass is 14.2. The summed E-state index contributed by atoms with van der Waals surface area (Å²) in [5.41, 5.74) is 2.59. The highest BCUT2D eigenvalue weighted by molar-refractivity contribution is 6.21. The minimum Gasteiger partial charge on any atom is -0.0616 e. The Kier molecular flexibility index (Phi) is 3.65. The van der Waals surface area contributed by atoms with Crippen molar-refractivity contribution in [3.05, 3.63) is 121 Å². The molecule has 0 unspecified atom stereocenters. The lowest BCUT2D eigenvalue weighted by molar-refractivity contribution is 1.72. The molecule has 0 bridgehead atoms. The van der Waals surface area contributed by atoms with E-state index in [-0.39, 0.29) is 0 Å². The molecule has 148 valence electrons. The minimum atomic E-state index is 1.28. The predicted molar refractivity (Wildman–Crippen MR) is 139 cm³/mol. The molecule has 32 heavy (non-hydrogen) atoms. The highest BCUT2D eigenvalue weighted by Gasteiger charge is 2.13. The van der Waals surface area contributed by atoms with Crippen LogP contribution in [0.1, 0.15) is 0 Å². The summed E-state index contributed by atoms with van der Waals surface area (Å²) in [5.74, 6) is 0. The van der Waals surface area contributed by atoms with Gasteiger partial charge in [0, 0.05) is 0 Å². The summed E-state index contributed by atoms with van der Waals surface area (Å²) >= 11 is 0. The van der Waals surface area contributed by atoms with Crippen LogP contribution in [0.3, 0.4) is 0 Å². The fourth-order valence-corrected chi connectivity index (χ4v) is 5.30. The highest BCUT2D eigenvalue weighted by Crippen LogP contribution is 2.41. The first-order valence-electron chi connectivity index (χ1n) is 11.1. The Morgan fingerprint density at radius 1 is 0.250 bits per heavy atom. The van der Waals surface area contributed by atoms with Gasteiger partial charge in [-0.15, -0.1) is 0 Å². The number of hydrogen-bond acceptors (Lipinski definition) is 0. The smallest absolute Gasteiger partial charge is 0.00926 e. The average molecular weight is 405 g/mol. The number of fused-ring (bicyclic) bond motifs is 7. The van der Waals surface area contributed by atoms with E-state index in [4.69, 9.17) is 0 Å². The molecule has 0 saturated heterocycles. The van der Waals surface area contributed by atoms with Crippen LogP contribution >= 0.6 is 0 Å². The molecule has 0 aliphatic rings. The van der Waals surface area contributed by atoms with Crippen LogP contribution in [-0.2, 0) is 0 Å². The van der Waals surface area contributed by atoms with Crippen molar-refractivity contribution < 1.29 is 0 Å². The normalized spacial score (nSPS) is 11.8. The Morgan fingerprint density at radius 3 is 1.34 bits per heavy atom. The Labute approximate surface area is 186 Å². The van der Waals surface area contributed by atoms with Gasteiger partial charge >= 0.3 is 0 Å². The fraction of sp³-hybridized carbons (Fsp3) is 0. The number of benzene rings is 7. The van der Waals surface area contributed by atoms with E-state index in [1.165, 1.54) is 65.0 Å². The molecule has 0 amide bonds. The second-order valence-corrected chi connectivity index (χ2v) is 8.58. The van der Waals surface area contributed by atoms with E-state index in [1.807, 2.05) is 0 Å². The third kappa shape index (κ3) is 2.50. The van der Waals surface area contributed by atoms with Gasteiger partial charge in [-0.05, 0) is 89.3 Å². The van der Waals surface area contributed by atoms with E-state index < -0.39 is 0 Å². The lowest BCUT2D eigenvalue weighted by Gasteiger charge is -2.15. The van der Waals surface area contributed by atoms with Crippen molar-refractivity contribution in [2.24, 2.45) is 0 Å². The third-order valence-electron chi connectivity index (χ3n) is 6.78. The van der Waals surface area contributed by atoms with Gasteiger partial charge in [0.15, 0.2) is 0 Å². The summed E-state index contributed by atoms with van der Waals surface area (Å²) in [6, 6.07) is 44.4. The first-order chi connectivity index (χ1) is 15.9. The second kappa shape index (κ2) is 6.67. The van der Waals surface area contributed by atoms with Crippen LogP contribution in [-0.4, -0.2) is 0 Å². The van der Waals surface area contributed by atoms with Crippen molar-refractivity contribution in [2.45, 2.75) is 0 Å².